The molecule has 0 spiro atoms. The number of ketones is 1. The third-order valence-corrected chi connectivity index (χ3v) is 10.7. The maximum Gasteiger partial charge on any atom is 0.305 e. The van der Waals surface area contributed by atoms with Crippen LogP contribution in [0.1, 0.15) is 165 Å². The summed E-state index contributed by atoms with van der Waals surface area (Å²) in [5.41, 5.74) is 8.65. The number of carbonyl (C=O) groups excluding carboxylic acids is 4. The number of aryl methyl sites for hydroxylation is 1. The Labute approximate surface area is 287 Å². The molecule has 4 aliphatic heterocycles. The molecule has 2 aromatic heterocycles. The molecule has 6 heterocycles. The summed E-state index contributed by atoms with van der Waals surface area (Å²) in [6.45, 7) is 16.3. The molecule has 49 heavy (non-hydrogen) atoms. The minimum Gasteiger partial charge on any atom is -0.466 e. The van der Waals surface area contributed by atoms with Gasteiger partial charge in [0.1, 0.15) is 0 Å². The molecule has 2 N–H and O–H groups in total. The van der Waals surface area contributed by atoms with E-state index in [1.807, 2.05) is 46.8 Å². The number of aromatic nitrogens is 4. The monoisotopic (exact) mass is 665 g/mol. The van der Waals surface area contributed by atoms with Crippen molar-refractivity contribution in [2.75, 3.05) is 13.2 Å². The average Bonchev–Trinajstić information content (AvgIpc) is 3.74. The number of hydrogen-bond acceptors (Lipinski definition) is 7. The predicted molar refractivity (Wildman–Crippen MR) is 189 cm³/mol. The number of Topliss-reactive ketones (excluding diaryl/α,β-unsaturated/α-hetero) is 1. The molecule has 4 aliphatic rings. The Bertz CT molecular complexity index is 1980. The van der Waals surface area contributed by atoms with E-state index in [-0.39, 0.29) is 60.2 Å². The summed E-state index contributed by atoms with van der Waals surface area (Å²) in [6, 6.07) is 5.96. The third kappa shape index (κ3) is 5.78. The molecule has 0 radical (unpaired) electrons. The standard InChI is InChI=1S/C39H47N5O5/c1-9-14-44-38(47)34-22(7)29-17-30-24(11-3)19(4)26(40-30)18-31-33(23(8)45)21(6)28(41-31)16-27-20(5)25(12-13-32(46)49-15-10-2)36(42-27)35(39(44)48)37(34)43-29/h16-20,24-25,40,43H,9-15H2,1-8H3/t19-,20+,24-,25+/m1/s1. The summed E-state index contributed by atoms with van der Waals surface area (Å²) in [5, 5.41) is 0. The first-order valence-electron chi connectivity index (χ1n) is 17.7. The molecule has 0 aliphatic carbocycles. The van der Waals surface area contributed by atoms with Gasteiger partial charge in [0, 0.05) is 64.8 Å². The number of aromatic amines is 2. The molecule has 4 atom stereocenters. The SMILES string of the molecule is CCCOC(=O)CC[C@@H]1c2nc(cc3nc(cc4[nH]c(cc5[nH]c6c2C(=O)N(CCC)C(=O)c6c5C)[C@H](CC)[C@H]4C)C(C(C)=O)=C3C)[C@H]1C. The van der Waals surface area contributed by atoms with Crippen LogP contribution in [-0.4, -0.2) is 61.6 Å². The van der Waals surface area contributed by atoms with Crippen LogP contribution in [-0.2, 0) is 14.3 Å². The molecule has 0 saturated carbocycles. The largest absolute Gasteiger partial charge is 0.466 e. The smallest absolute Gasteiger partial charge is 0.305 e. The lowest BCUT2D eigenvalue weighted by molar-refractivity contribution is -0.143. The number of allylic oxidation sites excluding steroid dienone is 2. The van der Waals surface area contributed by atoms with Crippen molar-refractivity contribution in [1.82, 2.24) is 24.8 Å². The van der Waals surface area contributed by atoms with Crippen LogP contribution in [0, 0.1) is 6.92 Å². The molecular formula is C39H47N5O5. The van der Waals surface area contributed by atoms with Crippen molar-refractivity contribution in [2.24, 2.45) is 0 Å². The van der Waals surface area contributed by atoms with E-state index in [9.17, 15) is 19.2 Å². The number of nitrogens with one attached hydrogen (secondary N) is 2. The van der Waals surface area contributed by atoms with Crippen molar-refractivity contribution in [3.05, 3.63) is 69.1 Å². The Morgan fingerprint density at radius 1 is 0.878 bits per heavy atom. The zero-order valence-electron chi connectivity index (χ0n) is 29.9. The second-order valence-electron chi connectivity index (χ2n) is 13.8. The number of nitrogens with zero attached hydrogens (tertiary/aromatic N) is 3. The van der Waals surface area contributed by atoms with Crippen LogP contribution in [0.3, 0.4) is 0 Å². The fraction of sp³-hybridized carbons (Fsp3) is 0.487. The van der Waals surface area contributed by atoms with Crippen LogP contribution >= 0.6 is 0 Å². The highest BCUT2D eigenvalue weighted by Crippen LogP contribution is 2.45. The summed E-state index contributed by atoms with van der Waals surface area (Å²) in [5.74, 6) is -1.27. The van der Waals surface area contributed by atoms with Gasteiger partial charge >= 0.3 is 5.97 Å². The summed E-state index contributed by atoms with van der Waals surface area (Å²) in [4.78, 5) is 72.8. The van der Waals surface area contributed by atoms with E-state index in [1.54, 1.807) is 6.92 Å². The van der Waals surface area contributed by atoms with E-state index in [1.165, 1.54) is 4.90 Å². The third-order valence-electron chi connectivity index (χ3n) is 10.7. The maximum atomic E-state index is 14.4. The van der Waals surface area contributed by atoms with Crippen LogP contribution in [0.5, 0.6) is 0 Å². The second-order valence-corrected chi connectivity index (χ2v) is 13.8. The molecule has 258 valence electrons. The lowest BCUT2D eigenvalue weighted by atomic mass is 9.84. The van der Waals surface area contributed by atoms with Crippen molar-refractivity contribution in [3.8, 4) is 0 Å². The van der Waals surface area contributed by atoms with E-state index < -0.39 is 0 Å². The van der Waals surface area contributed by atoms with Gasteiger partial charge in [-0.1, -0.05) is 34.6 Å². The summed E-state index contributed by atoms with van der Waals surface area (Å²) < 4.78 is 5.41. The molecule has 2 amide bonds. The fourth-order valence-electron chi connectivity index (χ4n) is 7.93. The number of H-pyrrole nitrogens is 2. The number of amides is 2. The highest BCUT2D eigenvalue weighted by Gasteiger charge is 2.41. The minimum atomic E-state index is -0.389. The molecule has 6 rings (SSSR count). The lowest BCUT2D eigenvalue weighted by Crippen LogP contribution is -2.41. The number of esters is 1. The summed E-state index contributed by atoms with van der Waals surface area (Å²) in [7, 11) is 0. The van der Waals surface area contributed by atoms with Gasteiger partial charge in [-0.3, -0.25) is 29.1 Å². The van der Waals surface area contributed by atoms with Crippen molar-refractivity contribution in [3.63, 3.8) is 0 Å². The molecule has 0 saturated heterocycles. The van der Waals surface area contributed by atoms with Crippen molar-refractivity contribution < 1.29 is 23.9 Å². The first kappa shape index (κ1) is 34.3. The minimum absolute atomic E-state index is 0.0641. The van der Waals surface area contributed by atoms with E-state index >= 15 is 0 Å². The number of hydrogen-bond donors (Lipinski definition) is 2. The van der Waals surface area contributed by atoms with E-state index in [4.69, 9.17) is 14.7 Å². The molecule has 0 aromatic carbocycles. The number of fused-ring (bicyclic) bond motifs is 8. The van der Waals surface area contributed by atoms with E-state index in [0.717, 1.165) is 40.9 Å². The quantitative estimate of drug-likeness (QED) is 0.206. The van der Waals surface area contributed by atoms with Crippen LogP contribution < -0.4 is 0 Å². The molecule has 0 unspecified atom stereocenters. The molecule has 8 bridgehead atoms. The zero-order chi connectivity index (χ0) is 35.3. The van der Waals surface area contributed by atoms with Gasteiger partial charge in [-0.05, 0) is 75.8 Å². The second kappa shape index (κ2) is 13.4. The zero-order valence-corrected chi connectivity index (χ0v) is 29.9. The number of rotatable bonds is 9. The average molecular weight is 666 g/mol. The first-order chi connectivity index (χ1) is 23.4. The highest BCUT2D eigenvalue weighted by molar-refractivity contribution is 6.27. The van der Waals surface area contributed by atoms with Gasteiger partial charge in [0.25, 0.3) is 11.8 Å². The molecule has 2 aromatic rings. The Kier molecular flexibility index (Phi) is 9.35. The highest BCUT2D eigenvalue weighted by atomic mass is 16.5. The maximum absolute atomic E-state index is 14.4. The van der Waals surface area contributed by atoms with Gasteiger partial charge in [0.05, 0.1) is 40.3 Å². The van der Waals surface area contributed by atoms with Gasteiger partial charge in [-0.2, -0.15) is 0 Å². The number of carbonyl (C=O) groups is 4. The normalized spacial score (nSPS) is 20.9. The Balaban J connectivity index is 1.73. The molecular weight excluding hydrogens is 618 g/mol. The Hall–Kier alpha value is -4.60. The first-order valence-corrected chi connectivity index (χ1v) is 17.7. The topological polar surface area (TPSA) is 138 Å². The van der Waals surface area contributed by atoms with E-state index in [0.29, 0.717) is 64.4 Å². The molecule has 10 nitrogen and oxygen atoms in total. The van der Waals surface area contributed by atoms with Gasteiger partial charge < -0.3 is 14.7 Å². The molecule has 10 heteroatoms. The van der Waals surface area contributed by atoms with Gasteiger partial charge in [-0.15, -0.1) is 0 Å². The Morgan fingerprint density at radius 3 is 2.29 bits per heavy atom. The summed E-state index contributed by atoms with van der Waals surface area (Å²) >= 11 is 0. The van der Waals surface area contributed by atoms with Gasteiger partial charge in [-0.25, -0.2) is 4.98 Å². The fourth-order valence-corrected chi connectivity index (χ4v) is 7.93. The van der Waals surface area contributed by atoms with Gasteiger partial charge in [0.15, 0.2) is 5.78 Å². The van der Waals surface area contributed by atoms with Crippen LogP contribution in [0.15, 0.2) is 18.2 Å². The Morgan fingerprint density at radius 2 is 1.61 bits per heavy atom. The van der Waals surface area contributed by atoms with Crippen LogP contribution in [0.4, 0.5) is 0 Å². The molecule has 0 fully saturated rings. The van der Waals surface area contributed by atoms with Crippen molar-refractivity contribution in [2.45, 2.75) is 111 Å². The van der Waals surface area contributed by atoms with Crippen molar-refractivity contribution >= 4 is 45.7 Å². The van der Waals surface area contributed by atoms with Crippen molar-refractivity contribution in [1.29, 1.82) is 0 Å². The number of ether oxygens (including phenoxy) is 1. The predicted octanol–water partition coefficient (Wildman–Crippen LogP) is 7.79. The van der Waals surface area contributed by atoms with E-state index in [2.05, 4.69) is 29.9 Å². The van der Waals surface area contributed by atoms with Gasteiger partial charge in [0.2, 0.25) is 0 Å². The van der Waals surface area contributed by atoms with Crippen LogP contribution in [0.2, 0.25) is 0 Å². The van der Waals surface area contributed by atoms with Crippen LogP contribution in [0.25, 0.3) is 22.2 Å². The lowest BCUT2D eigenvalue weighted by Gasteiger charge is -2.26. The summed E-state index contributed by atoms with van der Waals surface area (Å²) in [6.07, 6.45) is 2.79. The number of imide groups is 1.